The van der Waals surface area contributed by atoms with E-state index in [0.717, 1.165) is 17.5 Å². The highest BCUT2D eigenvalue weighted by molar-refractivity contribution is 5.85. The van der Waals surface area contributed by atoms with Gasteiger partial charge in [-0.2, -0.15) is 0 Å². The maximum absolute atomic E-state index is 12.2. The molecule has 1 aromatic heterocycles. The fourth-order valence-electron chi connectivity index (χ4n) is 3.70. The third-order valence-electron chi connectivity index (χ3n) is 4.92. The van der Waals surface area contributed by atoms with Gasteiger partial charge in [0.05, 0.1) is 0 Å². The molecule has 4 aromatic rings. The summed E-state index contributed by atoms with van der Waals surface area (Å²) in [5.74, 6) is 0.345. The van der Waals surface area contributed by atoms with Crippen LogP contribution >= 0.6 is 0 Å². The van der Waals surface area contributed by atoms with Crippen LogP contribution in [0.25, 0.3) is 21.7 Å². The molecular weight excluding hydrogens is 326 g/mol. The van der Waals surface area contributed by atoms with E-state index >= 15 is 0 Å². The van der Waals surface area contributed by atoms with E-state index in [1.807, 2.05) is 24.3 Å². The van der Waals surface area contributed by atoms with Gasteiger partial charge in [0, 0.05) is 24.0 Å². The predicted molar refractivity (Wildman–Crippen MR) is 101 cm³/mol. The minimum Gasteiger partial charge on any atom is -0.470 e. The van der Waals surface area contributed by atoms with Gasteiger partial charge in [0.1, 0.15) is 12.3 Å². The SMILES string of the molecule is O=c1oc2ccccc2c2c1OCN(Cc1cccc3ccccc13)C2. The van der Waals surface area contributed by atoms with E-state index in [0.29, 0.717) is 24.6 Å². The first-order chi connectivity index (χ1) is 12.8. The zero-order valence-electron chi connectivity index (χ0n) is 14.1. The summed E-state index contributed by atoms with van der Waals surface area (Å²) in [6.07, 6.45) is 0. The van der Waals surface area contributed by atoms with E-state index in [9.17, 15) is 4.79 Å². The molecule has 0 spiro atoms. The Morgan fingerprint density at radius 3 is 2.58 bits per heavy atom. The maximum Gasteiger partial charge on any atom is 0.379 e. The van der Waals surface area contributed by atoms with Crippen molar-refractivity contribution >= 4 is 21.7 Å². The van der Waals surface area contributed by atoms with Gasteiger partial charge in [-0.3, -0.25) is 4.90 Å². The van der Waals surface area contributed by atoms with Gasteiger partial charge in [-0.1, -0.05) is 60.7 Å². The molecule has 4 heteroatoms. The van der Waals surface area contributed by atoms with Crippen LogP contribution in [0, 0.1) is 0 Å². The Labute approximate surface area is 150 Å². The first-order valence-electron chi connectivity index (χ1n) is 8.66. The molecule has 0 unspecified atom stereocenters. The maximum atomic E-state index is 12.2. The Hall–Kier alpha value is -3.11. The zero-order chi connectivity index (χ0) is 17.5. The zero-order valence-corrected chi connectivity index (χ0v) is 14.1. The fraction of sp³-hybridized carbons (Fsp3) is 0.136. The Kier molecular flexibility index (Phi) is 3.50. The number of hydrogen-bond donors (Lipinski definition) is 0. The van der Waals surface area contributed by atoms with E-state index in [2.05, 4.69) is 47.4 Å². The molecule has 2 heterocycles. The van der Waals surface area contributed by atoms with Crippen LogP contribution in [0.3, 0.4) is 0 Å². The number of rotatable bonds is 2. The molecular formula is C22H17NO3. The first kappa shape index (κ1) is 15.2. The highest BCUT2D eigenvalue weighted by atomic mass is 16.5. The lowest BCUT2D eigenvalue weighted by atomic mass is 10.0. The van der Waals surface area contributed by atoms with Crippen LogP contribution in [-0.4, -0.2) is 11.6 Å². The molecule has 0 bridgehead atoms. The molecule has 26 heavy (non-hydrogen) atoms. The molecule has 0 aliphatic carbocycles. The van der Waals surface area contributed by atoms with Crippen molar-refractivity contribution in [3.8, 4) is 5.75 Å². The average molecular weight is 343 g/mol. The summed E-state index contributed by atoms with van der Waals surface area (Å²) in [4.78, 5) is 14.4. The van der Waals surface area contributed by atoms with E-state index in [4.69, 9.17) is 9.15 Å². The molecule has 0 amide bonds. The standard InChI is InChI=1S/C22H17NO3/c24-22-21-19(18-10-3-4-11-20(18)26-22)13-23(14-25-21)12-16-8-5-7-15-6-1-2-9-17(15)16/h1-11H,12-14H2. The van der Waals surface area contributed by atoms with Crippen molar-refractivity contribution in [2.45, 2.75) is 13.1 Å². The van der Waals surface area contributed by atoms with Crippen molar-refractivity contribution < 1.29 is 9.15 Å². The summed E-state index contributed by atoms with van der Waals surface area (Å²) in [7, 11) is 0. The number of ether oxygens (including phenoxy) is 1. The largest absolute Gasteiger partial charge is 0.470 e. The van der Waals surface area contributed by atoms with Crippen molar-refractivity contribution in [1.82, 2.24) is 4.90 Å². The second-order valence-corrected chi connectivity index (χ2v) is 6.59. The van der Waals surface area contributed by atoms with Gasteiger partial charge in [0.25, 0.3) is 0 Å². The van der Waals surface area contributed by atoms with Crippen molar-refractivity contribution in [3.63, 3.8) is 0 Å². The first-order valence-corrected chi connectivity index (χ1v) is 8.66. The van der Waals surface area contributed by atoms with Crippen LogP contribution < -0.4 is 10.4 Å². The van der Waals surface area contributed by atoms with Gasteiger partial charge in [-0.25, -0.2) is 4.79 Å². The van der Waals surface area contributed by atoms with Gasteiger partial charge in [0.2, 0.25) is 5.75 Å². The number of hydrogen-bond acceptors (Lipinski definition) is 4. The normalized spacial score (nSPS) is 14.3. The van der Waals surface area contributed by atoms with Gasteiger partial charge in [0.15, 0.2) is 0 Å². The molecule has 4 nitrogen and oxygen atoms in total. The Morgan fingerprint density at radius 2 is 1.65 bits per heavy atom. The Bertz CT molecular complexity index is 1170. The van der Waals surface area contributed by atoms with E-state index in [1.54, 1.807) is 0 Å². The number of benzene rings is 3. The summed E-state index contributed by atoms with van der Waals surface area (Å²) in [6.45, 7) is 1.79. The minimum absolute atomic E-state index is 0.345. The third kappa shape index (κ3) is 2.47. The minimum atomic E-state index is -0.400. The molecule has 0 saturated heterocycles. The van der Waals surface area contributed by atoms with Crippen LogP contribution in [0.15, 0.2) is 75.9 Å². The molecule has 1 aliphatic rings. The molecule has 0 N–H and O–H groups in total. The van der Waals surface area contributed by atoms with Gasteiger partial charge >= 0.3 is 5.63 Å². The summed E-state index contributed by atoms with van der Waals surface area (Å²) < 4.78 is 11.2. The molecule has 0 saturated carbocycles. The van der Waals surface area contributed by atoms with Crippen molar-refractivity contribution in [3.05, 3.63) is 88.3 Å². The Morgan fingerprint density at radius 1 is 0.885 bits per heavy atom. The van der Waals surface area contributed by atoms with Crippen LogP contribution in [-0.2, 0) is 13.1 Å². The lowest BCUT2D eigenvalue weighted by Gasteiger charge is -2.29. The Balaban J connectivity index is 1.54. The summed E-state index contributed by atoms with van der Waals surface area (Å²) in [6, 6.07) is 22.4. The number of fused-ring (bicyclic) bond motifs is 4. The molecule has 1 aliphatic heterocycles. The van der Waals surface area contributed by atoms with Crippen molar-refractivity contribution in [2.24, 2.45) is 0 Å². The topological polar surface area (TPSA) is 42.7 Å². The fourth-order valence-corrected chi connectivity index (χ4v) is 3.70. The molecule has 5 rings (SSSR count). The molecule has 128 valence electrons. The monoisotopic (exact) mass is 343 g/mol. The van der Waals surface area contributed by atoms with Crippen LogP contribution in [0.4, 0.5) is 0 Å². The van der Waals surface area contributed by atoms with Crippen molar-refractivity contribution in [2.75, 3.05) is 6.73 Å². The highest BCUT2D eigenvalue weighted by Gasteiger charge is 2.24. The summed E-state index contributed by atoms with van der Waals surface area (Å²) in [5.41, 5.74) is 2.36. The van der Waals surface area contributed by atoms with Gasteiger partial charge < -0.3 is 9.15 Å². The average Bonchev–Trinajstić information content (AvgIpc) is 2.68. The third-order valence-corrected chi connectivity index (χ3v) is 4.92. The molecule has 0 radical (unpaired) electrons. The van der Waals surface area contributed by atoms with Crippen molar-refractivity contribution in [1.29, 1.82) is 0 Å². The quantitative estimate of drug-likeness (QED) is 0.509. The summed E-state index contributed by atoms with van der Waals surface area (Å²) in [5, 5.41) is 3.41. The highest BCUT2D eigenvalue weighted by Crippen LogP contribution is 2.30. The van der Waals surface area contributed by atoms with E-state index < -0.39 is 5.63 Å². The predicted octanol–water partition coefficient (Wildman–Crippen LogP) is 4.30. The smallest absolute Gasteiger partial charge is 0.379 e. The van der Waals surface area contributed by atoms with Crippen LogP contribution in [0.2, 0.25) is 0 Å². The second kappa shape index (κ2) is 6.00. The number of nitrogens with zero attached hydrogens (tertiary/aromatic N) is 1. The van der Waals surface area contributed by atoms with Gasteiger partial charge in [-0.15, -0.1) is 0 Å². The molecule has 0 fully saturated rings. The molecule has 0 atom stereocenters. The lowest BCUT2D eigenvalue weighted by Crippen LogP contribution is -2.33. The molecule has 3 aromatic carbocycles. The number of para-hydroxylation sites is 1. The second-order valence-electron chi connectivity index (χ2n) is 6.59. The van der Waals surface area contributed by atoms with Crippen LogP contribution in [0.1, 0.15) is 11.1 Å². The summed E-state index contributed by atoms with van der Waals surface area (Å²) >= 11 is 0. The van der Waals surface area contributed by atoms with E-state index in [1.165, 1.54) is 16.3 Å². The van der Waals surface area contributed by atoms with Gasteiger partial charge in [-0.05, 0) is 22.4 Å². The van der Waals surface area contributed by atoms with Crippen LogP contribution in [0.5, 0.6) is 5.75 Å². The van der Waals surface area contributed by atoms with E-state index in [-0.39, 0.29) is 0 Å². The lowest BCUT2D eigenvalue weighted by molar-refractivity contribution is 0.0857.